The summed E-state index contributed by atoms with van der Waals surface area (Å²) in [6.45, 7) is 4.04. The zero-order valence-electron chi connectivity index (χ0n) is 9.40. The molecule has 0 fully saturated rings. The number of rotatable bonds is 4. The summed E-state index contributed by atoms with van der Waals surface area (Å²) in [4.78, 5) is 10.5. The Morgan fingerprint density at radius 1 is 1.44 bits per heavy atom. The molecule has 0 aliphatic carbocycles. The topological polar surface area (TPSA) is 37.3 Å². The third-order valence-corrected chi connectivity index (χ3v) is 3.05. The van der Waals surface area contributed by atoms with Crippen molar-refractivity contribution in [3.8, 4) is 0 Å². The van der Waals surface area contributed by atoms with Crippen LogP contribution in [-0.4, -0.2) is 11.1 Å². The number of carboxylic acids is 1. The van der Waals surface area contributed by atoms with Gasteiger partial charge in [-0.2, -0.15) is 0 Å². The van der Waals surface area contributed by atoms with Crippen molar-refractivity contribution in [2.24, 2.45) is 5.41 Å². The molecule has 0 bridgehead atoms. The summed E-state index contributed by atoms with van der Waals surface area (Å²) in [5.41, 5.74) is 1.02. The van der Waals surface area contributed by atoms with Crippen molar-refractivity contribution >= 4 is 21.9 Å². The fourth-order valence-electron chi connectivity index (χ4n) is 1.49. The number of carboxylic acid groups (broad SMARTS) is 1. The van der Waals surface area contributed by atoms with Crippen LogP contribution < -0.4 is 0 Å². The Hall–Kier alpha value is -1.09. The van der Waals surface area contributed by atoms with Gasteiger partial charge in [0.1, 0.15) is 0 Å². The van der Waals surface area contributed by atoms with Crippen LogP contribution in [0.2, 0.25) is 0 Å². The molecular weight excluding hydrogens is 268 g/mol. The molecule has 0 atom stereocenters. The molecule has 3 heteroatoms. The van der Waals surface area contributed by atoms with Gasteiger partial charge >= 0.3 is 5.97 Å². The van der Waals surface area contributed by atoms with Crippen LogP contribution in [0.15, 0.2) is 40.9 Å². The van der Waals surface area contributed by atoms with Gasteiger partial charge in [-0.05, 0) is 23.5 Å². The Balaban J connectivity index is 2.80. The standard InChI is InChI=1S/C13H15BrO2/c1-13(2,8-7-12(15)16)9-10-5-3-4-6-11(10)14/h3-8H,9H2,1-2H3,(H,15,16)/b8-7+. The van der Waals surface area contributed by atoms with Gasteiger partial charge in [-0.15, -0.1) is 0 Å². The van der Waals surface area contributed by atoms with Gasteiger partial charge in [0, 0.05) is 10.5 Å². The number of carbonyl (C=O) groups is 1. The molecule has 1 aromatic carbocycles. The second-order valence-electron chi connectivity index (χ2n) is 4.43. The highest BCUT2D eigenvalue weighted by atomic mass is 79.9. The molecule has 1 N–H and O–H groups in total. The van der Waals surface area contributed by atoms with E-state index < -0.39 is 5.97 Å². The molecule has 0 aliphatic rings. The summed E-state index contributed by atoms with van der Waals surface area (Å²) in [7, 11) is 0. The first-order valence-electron chi connectivity index (χ1n) is 5.06. The third-order valence-electron chi connectivity index (χ3n) is 2.28. The number of hydrogen-bond acceptors (Lipinski definition) is 1. The van der Waals surface area contributed by atoms with E-state index in [-0.39, 0.29) is 5.41 Å². The van der Waals surface area contributed by atoms with Crippen molar-refractivity contribution in [2.45, 2.75) is 20.3 Å². The van der Waals surface area contributed by atoms with Crippen LogP contribution in [-0.2, 0) is 11.2 Å². The van der Waals surface area contributed by atoms with Gasteiger partial charge < -0.3 is 5.11 Å². The lowest BCUT2D eigenvalue weighted by Gasteiger charge is -2.20. The molecule has 0 amide bonds. The Labute approximate surface area is 104 Å². The molecule has 1 rings (SSSR count). The first-order chi connectivity index (χ1) is 7.41. The van der Waals surface area contributed by atoms with Gasteiger partial charge in [-0.1, -0.05) is 54.1 Å². The Bertz CT molecular complexity index is 408. The lowest BCUT2D eigenvalue weighted by molar-refractivity contribution is -0.131. The number of allylic oxidation sites excluding steroid dienone is 1. The first kappa shape index (κ1) is 13.0. The van der Waals surface area contributed by atoms with E-state index >= 15 is 0 Å². The molecule has 0 aromatic heterocycles. The number of hydrogen-bond donors (Lipinski definition) is 1. The van der Waals surface area contributed by atoms with Crippen molar-refractivity contribution in [1.29, 1.82) is 0 Å². The molecule has 0 aliphatic heterocycles. The SMILES string of the molecule is CC(C)(/C=C/C(=O)O)Cc1ccccc1Br. The summed E-state index contributed by atoms with van der Waals surface area (Å²) in [5, 5.41) is 8.60. The van der Waals surface area contributed by atoms with Crippen molar-refractivity contribution < 1.29 is 9.90 Å². The molecule has 0 spiro atoms. The second kappa shape index (κ2) is 5.30. The fraction of sp³-hybridized carbons (Fsp3) is 0.308. The Morgan fingerprint density at radius 2 is 2.06 bits per heavy atom. The molecule has 0 radical (unpaired) electrons. The smallest absolute Gasteiger partial charge is 0.327 e. The Kier molecular flexibility index (Phi) is 4.30. The monoisotopic (exact) mass is 282 g/mol. The summed E-state index contributed by atoms with van der Waals surface area (Å²) >= 11 is 3.49. The van der Waals surface area contributed by atoms with E-state index in [1.165, 1.54) is 11.6 Å². The summed E-state index contributed by atoms with van der Waals surface area (Å²) in [6, 6.07) is 7.98. The molecule has 0 heterocycles. The molecule has 2 nitrogen and oxygen atoms in total. The van der Waals surface area contributed by atoms with Crippen LogP contribution in [0.4, 0.5) is 0 Å². The minimum Gasteiger partial charge on any atom is -0.478 e. The lowest BCUT2D eigenvalue weighted by Crippen LogP contribution is -2.12. The maximum atomic E-state index is 10.5. The van der Waals surface area contributed by atoms with Crippen molar-refractivity contribution in [3.05, 3.63) is 46.5 Å². The number of aliphatic carboxylic acids is 1. The molecule has 0 unspecified atom stereocenters. The van der Waals surface area contributed by atoms with E-state index in [1.54, 1.807) is 6.08 Å². The molecule has 86 valence electrons. The summed E-state index contributed by atoms with van der Waals surface area (Å²) < 4.78 is 1.06. The molecule has 16 heavy (non-hydrogen) atoms. The first-order valence-corrected chi connectivity index (χ1v) is 5.85. The second-order valence-corrected chi connectivity index (χ2v) is 5.28. The highest BCUT2D eigenvalue weighted by Gasteiger charge is 2.16. The van der Waals surface area contributed by atoms with E-state index in [1.807, 2.05) is 38.1 Å². The van der Waals surface area contributed by atoms with E-state index in [0.29, 0.717) is 0 Å². The summed E-state index contributed by atoms with van der Waals surface area (Å²) in [5.74, 6) is -0.903. The van der Waals surface area contributed by atoms with E-state index in [4.69, 9.17) is 5.11 Å². The van der Waals surface area contributed by atoms with Gasteiger partial charge in [0.25, 0.3) is 0 Å². The quantitative estimate of drug-likeness (QED) is 0.856. The highest BCUT2D eigenvalue weighted by molar-refractivity contribution is 9.10. The van der Waals surface area contributed by atoms with E-state index in [2.05, 4.69) is 15.9 Å². The van der Waals surface area contributed by atoms with Gasteiger partial charge in [0.05, 0.1) is 0 Å². The van der Waals surface area contributed by atoms with Crippen LogP contribution in [0.3, 0.4) is 0 Å². The van der Waals surface area contributed by atoms with Crippen molar-refractivity contribution in [3.63, 3.8) is 0 Å². The third kappa shape index (κ3) is 4.19. The molecular formula is C13H15BrO2. The zero-order valence-corrected chi connectivity index (χ0v) is 11.0. The average Bonchev–Trinajstić information content (AvgIpc) is 2.19. The Morgan fingerprint density at radius 3 is 2.62 bits per heavy atom. The van der Waals surface area contributed by atoms with E-state index in [0.717, 1.165) is 10.9 Å². The normalized spacial score (nSPS) is 11.9. The maximum absolute atomic E-state index is 10.5. The average molecular weight is 283 g/mol. The predicted molar refractivity (Wildman–Crippen MR) is 68.4 cm³/mol. The molecule has 0 saturated carbocycles. The fourth-order valence-corrected chi connectivity index (χ4v) is 1.91. The van der Waals surface area contributed by atoms with Crippen LogP contribution in [0, 0.1) is 5.41 Å². The minimum atomic E-state index is -0.903. The van der Waals surface area contributed by atoms with Crippen LogP contribution >= 0.6 is 15.9 Å². The van der Waals surface area contributed by atoms with Gasteiger partial charge in [-0.3, -0.25) is 0 Å². The minimum absolute atomic E-state index is 0.164. The number of halogens is 1. The van der Waals surface area contributed by atoms with Gasteiger partial charge in [-0.25, -0.2) is 4.79 Å². The van der Waals surface area contributed by atoms with Crippen LogP contribution in [0.1, 0.15) is 19.4 Å². The largest absolute Gasteiger partial charge is 0.478 e. The van der Waals surface area contributed by atoms with Crippen LogP contribution in [0.25, 0.3) is 0 Å². The van der Waals surface area contributed by atoms with Crippen LogP contribution in [0.5, 0.6) is 0 Å². The van der Waals surface area contributed by atoms with Gasteiger partial charge in [0.15, 0.2) is 0 Å². The predicted octanol–water partition coefficient (Wildman–Crippen LogP) is 3.66. The molecule has 0 saturated heterocycles. The lowest BCUT2D eigenvalue weighted by atomic mass is 9.85. The van der Waals surface area contributed by atoms with Gasteiger partial charge in [0.2, 0.25) is 0 Å². The van der Waals surface area contributed by atoms with Crippen molar-refractivity contribution in [1.82, 2.24) is 0 Å². The highest BCUT2D eigenvalue weighted by Crippen LogP contribution is 2.27. The number of benzene rings is 1. The maximum Gasteiger partial charge on any atom is 0.327 e. The van der Waals surface area contributed by atoms with Crippen molar-refractivity contribution in [2.75, 3.05) is 0 Å². The van der Waals surface area contributed by atoms with E-state index in [9.17, 15) is 4.79 Å². The zero-order chi connectivity index (χ0) is 12.2. The molecule has 1 aromatic rings. The summed E-state index contributed by atoms with van der Waals surface area (Å²) in [6.07, 6.45) is 3.74.